The Labute approximate surface area is 71.2 Å². The van der Waals surface area contributed by atoms with Crippen LogP contribution in [0.1, 0.15) is 17.3 Å². The normalized spacial score (nSPS) is 10.4. The predicted octanol–water partition coefficient (Wildman–Crippen LogP) is 2.15. The maximum absolute atomic E-state index is 11.2. The van der Waals surface area contributed by atoms with E-state index in [0.717, 1.165) is 0 Å². The van der Waals surface area contributed by atoms with Crippen LogP contribution < -0.4 is 0 Å². The van der Waals surface area contributed by atoms with Crippen molar-refractivity contribution in [3.05, 3.63) is 42.0 Å². The van der Waals surface area contributed by atoms with E-state index in [4.69, 9.17) is 5.11 Å². The fraction of sp³-hybridized carbons (Fsp3) is 0.100. The number of benzene rings is 1. The van der Waals surface area contributed by atoms with Crippen LogP contribution in [0.5, 0.6) is 5.75 Å². The highest BCUT2D eigenvalue weighted by Crippen LogP contribution is 2.11. The lowest BCUT2D eigenvalue weighted by atomic mass is 10.1. The molecule has 62 valence electrons. The molecular formula is C10H10O2. The SMILES string of the molecule is CC=CC(=O)c1cccc(O)c1. The average Bonchev–Trinajstić information content (AvgIpc) is 2.05. The molecule has 0 unspecified atom stereocenters. The summed E-state index contributed by atoms with van der Waals surface area (Å²) in [5.74, 6) is 0.0266. The zero-order valence-corrected chi connectivity index (χ0v) is 6.82. The fourth-order valence-electron chi connectivity index (χ4n) is 0.907. The van der Waals surface area contributed by atoms with Gasteiger partial charge in [-0.15, -0.1) is 0 Å². The van der Waals surface area contributed by atoms with Gasteiger partial charge in [0, 0.05) is 5.56 Å². The van der Waals surface area contributed by atoms with E-state index < -0.39 is 0 Å². The van der Waals surface area contributed by atoms with Gasteiger partial charge in [-0.2, -0.15) is 0 Å². The number of rotatable bonds is 2. The lowest BCUT2D eigenvalue weighted by Gasteiger charge is -1.95. The molecule has 0 aliphatic carbocycles. The summed E-state index contributed by atoms with van der Waals surface area (Å²) in [4.78, 5) is 11.2. The van der Waals surface area contributed by atoms with Crippen LogP contribution in [-0.2, 0) is 0 Å². The Morgan fingerprint density at radius 2 is 2.25 bits per heavy atom. The van der Waals surface area contributed by atoms with E-state index >= 15 is 0 Å². The molecule has 0 saturated heterocycles. The topological polar surface area (TPSA) is 37.3 Å². The van der Waals surface area contributed by atoms with Crippen LogP contribution in [0.25, 0.3) is 0 Å². The second-order valence-corrected chi connectivity index (χ2v) is 2.41. The number of ketones is 1. The number of hydrogen-bond acceptors (Lipinski definition) is 2. The minimum Gasteiger partial charge on any atom is -0.508 e. The lowest BCUT2D eigenvalue weighted by Crippen LogP contribution is -1.92. The zero-order chi connectivity index (χ0) is 8.97. The lowest BCUT2D eigenvalue weighted by molar-refractivity contribution is 0.104. The third kappa shape index (κ3) is 1.95. The van der Waals surface area contributed by atoms with Crippen molar-refractivity contribution in [1.82, 2.24) is 0 Å². The molecule has 0 atom stereocenters. The number of aromatic hydroxyl groups is 1. The van der Waals surface area contributed by atoms with Crippen molar-refractivity contribution in [2.75, 3.05) is 0 Å². The summed E-state index contributed by atoms with van der Waals surface area (Å²) in [6, 6.07) is 6.29. The van der Waals surface area contributed by atoms with Gasteiger partial charge >= 0.3 is 0 Å². The van der Waals surface area contributed by atoms with Gasteiger partial charge in [-0.3, -0.25) is 4.79 Å². The maximum Gasteiger partial charge on any atom is 0.185 e. The Bertz CT molecular complexity index is 313. The third-order valence-electron chi connectivity index (χ3n) is 1.45. The number of phenols is 1. The summed E-state index contributed by atoms with van der Waals surface area (Å²) < 4.78 is 0. The second-order valence-electron chi connectivity index (χ2n) is 2.41. The molecule has 0 bridgehead atoms. The van der Waals surface area contributed by atoms with Crippen molar-refractivity contribution in [1.29, 1.82) is 0 Å². The smallest absolute Gasteiger partial charge is 0.185 e. The molecule has 1 aromatic carbocycles. The number of carbonyl (C=O) groups is 1. The van der Waals surface area contributed by atoms with Crippen molar-refractivity contribution in [2.24, 2.45) is 0 Å². The van der Waals surface area contributed by atoms with Crippen LogP contribution >= 0.6 is 0 Å². The van der Waals surface area contributed by atoms with E-state index in [-0.39, 0.29) is 11.5 Å². The Hall–Kier alpha value is -1.57. The molecule has 0 aromatic heterocycles. The van der Waals surface area contributed by atoms with Crippen molar-refractivity contribution in [2.45, 2.75) is 6.92 Å². The summed E-state index contributed by atoms with van der Waals surface area (Å²) in [6.45, 7) is 1.78. The molecule has 1 N–H and O–H groups in total. The molecule has 2 heteroatoms. The molecule has 2 nitrogen and oxygen atoms in total. The van der Waals surface area contributed by atoms with E-state index in [9.17, 15) is 4.79 Å². The third-order valence-corrected chi connectivity index (χ3v) is 1.45. The van der Waals surface area contributed by atoms with Gasteiger partial charge in [-0.25, -0.2) is 0 Å². The average molecular weight is 162 g/mol. The molecule has 0 heterocycles. The quantitative estimate of drug-likeness (QED) is 0.534. The zero-order valence-electron chi connectivity index (χ0n) is 6.82. The van der Waals surface area contributed by atoms with Crippen molar-refractivity contribution >= 4 is 5.78 Å². The molecule has 0 aliphatic heterocycles. The molecule has 0 amide bonds. The Kier molecular flexibility index (Phi) is 2.64. The highest BCUT2D eigenvalue weighted by Gasteiger charge is 2.00. The van der Waals surface area contributed by atoms with Gasteiger partial charge in [0.2, 0.25) is 0 Å². The fourth-order valence-corrected chi connectivity index (χ4v) is 0.907. The first kappa shape index (κ1) is 8.53. The molecule has 0 radical (unpaired) electrons. The van der Waals surface area contributed by atoms with E-state index in [0.29, 0.717) is 5.56 Å². The van der Waals surface area contributed by atoms with Crippen molar-refractivity contribution in [3.8, 4) is 5.75 Å². The van der Waals surface area contributed by atoms with E-state index in [1.807, 2.05) is 0 Å². The Morgan fingerprint density at radius 3 is 2.83 bits per heavy atom. The first-order valence-corrected chi connectivity index (χ1v) is 3.70. The second kappa shape index (κ2) is 3.72. The molecule has 0 aliphatic rings. The minimum absolute atomic E-state index is 0.0894. The van der Waals surface area contributed by atoms with Gasteiger partial charge in [-0.1, -0.05) is 18.2 Å². The predicted molar refractivity (Wildman–Crippen MR) is 47.3 cm³/mol. The summed E-state index contributed by atoms with van der Waals surface area (Å²) in [6.07, 6.45) is 3.14. The van der Waals surface area contributed by atoms with Crippen LogP contribution in [-0.4, -0.2) is 10.9 Å². The molecule has 0 spiro atoms. The molecule has 12 heavy (non-hydrogen) atoms. The maximum atomic E-state index is 11.2. The van der Waals surface area contributed by atoms with E-state index in [1.54, 1.807) is 25.1 Å². The van der Waals surface area contributed by atoms with Crippen LogP contribution in [0.2, 0.25) is 0 Å². The van der Waals surface area contributed by atoms with Gasteiger partial charge in [0.25, 0.3) is 0 Å². The van der Waals surface area contributed by atoms with Crippen LogP contribution in [0.15, 0.2) is 36.4 Å². The summed E-state index contributed by atoms with van der Waals surface area (Å²) in [5.41, 5.74) is 0.508. The van der Waals surface area contributed by atoms with E-state index in [2.05, 4.69) is 0 Å². The Morgan fingerprint density at radius 1 is 1.50 bits per heavy atom. The summed E-state index contributed by atoms with van der Waals surface area (Å²) in [7, 11) is 0. The Balaban J connectivity index is 2.96. The number of carbonyl (C=O) groups excluding carboxylic acids is 1. The number of phenolic OH excluding ortho intramolecular Hbond substituents is 1. The molecular weight excluding hydrogens is 152 g/mol. The standard InChI is InChI=1S/C10H10O2/c1-2-4-10(12)8-5-3-6-9(11)7-8/h2-7,11H,1H3. The van der Waals surface area contributed by atoms with Gasteiger partial charge in [0.1, 0.15) is 5.75 Å². The largest absolute Gasteiger partial charge is 0.508 e. The van der Waals surface area contributed by atoms with Gasteiger partial charge < -0.3 is 5.11 Å². The van der Waals surface area contributed by atoms with E-state index in [1.165, 1.54) is 18.2 Å². The van der Waals surface area contributed by atoms with Gasteiger partial charge in [0.15, 0.2) is 5.78 Å². The van der Waals surface area contributed by atoms with Crippen LogP contribution in [0.3, 0.4) is 0 Å². The van der Waals surface area contributed by atoms with Crippen LogP contribution in [0.4, 0.5) is 0 Å². The highest BCUT2D eigenvalue weighted by molar-refractivity contribution is 6.04. The number of allylic oxidation sites excluding steroid dienone is 2. The van der Waals surface area contributed by atoms with Crippen LogP contribution in [0, 0.1) is 0 Å². The highest BCUT2D eigenvalue weighted by atomic mass is 16.3. The van der Waals surface area contributed by atoms with Crippen molar-refractivity contribution < 1.29 is 9.90 Å². The first-order chi connectivity index (χ1) is 5.74. The van der Waals surface area contributed by atoms with Gasteiger partial charge in [0.05, 0.1) is 0 Å². The van der Waals surface area contributed by atoms with Crippen molar-refractivity contribution in [3.63, 3.8) is 0 Å². The molecule has 1 rings (SSSR count). The molecule has 0 saturated carbocycles. The molecule has 0 fully saturated rings. The minimum atomic E-state index is -0.0894. The summed E-state index contributed by atoms with van der Waals surface area (Å²) >= 11 is 0. The van der Waals surface area contributed by atoms with Gasteiger partial charge in [-0.05, 0) is 25.1 Å². The number of hydrogen-bond donors (Lipinski definition) is 1. The molecule has 1 aromatic rings. The first-order valence-electron chi connectivity index (χ1n) is 3.70. The summed E-state index contributed by atoms with van der Waals surface area (Å²) in [5, 5.41) is 9.05. The monoisotopic (exact) mass is 162 g/mol.